The molecule has 0 bridgehead atoms. The van der Waals surface area contributed by atoms with E-state index in [9.17, 15) is 26.4 Å². The highest BCUT2D eigenvalue weighted by molar-refractivity contribution is 7.89. The van der Waals surface area contributed by atoms with Gasteiger partial charge in [0.15, 0.2) is 0 Å². The van der Waals surface area contributed by atoms with Crippen molar-refractivity contribution in [1.29, 1.82) is 0 Å². The van der Waals surface area contributed by atoms with Crippen molar-refractivity contribution >= 4 is 21.7 Å². The molecule has 1 heterocycles. The fraction of sp³-hybridized carbons (Fsp3) is 0.286. The molecule has 162 valence electrons. The fourth-order valence-electron chi connectivity index (χ4n) is 3.39. The van der Waals surface area contributed by atoms with Crippen LogP contribution in [-0.4, -0.2) is 20.6 Å². The smallest absolute Gasteiger partial charge is 0.310 e. The van der Waals surface area contributed by atoms with Crippen molar-refractivity contribution in [3.63, 3.8) is 0 Å². The molecule has 0 aromatic heterocycles. The summed E-state index contributed by atoms with van der Waals surface area (Å²) < 4.78 is 65.0. The van der Waals surface area contributed by atoms with Crippen molar-refractivity contribution in [2.24, 2.45) is 11.1 Å². The van der Waals surface area contributed by atoms with E-state index in [1.54, 1.807) is 12.1 Å². The first kappa shape index (κ1) is 21.2. The molecule has 1 fully saturated rings. The van der Waals surface area contributed by atoms with Gasteiger partial charge in [-0.15, -0.1) is 0 Å². The average molecular weight is 449 g/mol. The fourth-order valence-corrected chi connectivity index (χ4v) is 3.90. The standard InChI is InChI=1S/C21H18F3N3O3S/c22-21(23,24)20(10-9-13-1-2-13)17-8-5-15(12-18(17)26-19(28)27-20)11-14-3-6-16(7-4-14)31(25,29)30/h3-8,12-13H,1-2,11H2,(H2,25,29,30)(H2,26,27,28)/t20-/m0/s1. The zero-order valence-corrected chi connectivity index (χ0v) is 16.9. The number of halogens is 3. The molecule has 0 radical (unpaired) electrons. The molecule has 1 saturated carbocycles. The number of hydrogen-bond acceptors (Lipinski definition) is 3. The zero-order chi connectivity index (χ0) is 22.4. The molecule has 2 aliphatic rings. The van der Waals surface area contributed by atoms with Crippen LogP contribution in [0.15, 0.2) is 47.4 Å². The topological polar surface area (TPSA) is 101 Å². The number of carbonyl (C=O) groups is 1. The lowest BCUT2D eigenvalue weighted by Crippen LogP contribution is -2.59. The van der Waals surface area contributed by atoms with Crippen LogP contribution in [0, 0.1) is 17.8 Å². The molecule has 1 atom stereocenters. The Morgan fingerprint density at radius 1 is 1.10 bits per heavy atom. The minimum absolute atomic E-state index is 0.0322. The second kappa shape index (κ2) is 7.28. The first-order valence-corrected chi connectivity index (χ1v) is 11.0. The van der Waals surface area contributed by atoms with E-state index in [2.05, 4.69) is 17.2 Å². The maximum Gasteiger partial charge on any atom is 0.427 e. The van der Waals surface area contributed by atoms with E-state index in [1.165, 1.54) is 30.3 Å². The molecule has 6 nitrogen and oxygen atoms in total. The lowest BCUT2D eigenvalue weighted by molar-refractivity contribution is -0.178. The Hall–Kier alpha value is -3.03. The Balaban J connectivity index is 1.69. The van der Waals surface area contributed by atoms with Gasteiger partial charge in [0.05, 0.1) is 4.90 Å². The lowest BCUT2D eigenvalue weighted by atomic mass is 9.85. The van der Waals surface area contributed by atoms with Gasteiger partial charge in [0.2, 0.25) is 15.6 Å². The van der Waals surface area contributed by atoms with Gasteiger partial charge in [-0.1, -0.05) is 36.1 Å². The van der Waals surface area contributed by atoms with Crippen molar-refractivity contribution in [3.05, 3.63) is 59.2 Å². The van der Waals surface area contributed by atoms with Crippen LogP contribution in [0.2, 0.25) is 0 Å². The molecule has 0 spiro atoms. The Labute approximate surface area is 177 Å². The van der Waals surface area contributed by atoms with E-state index in [0.29, 0.717) is 12.0 Å². The van der Waals surface area contributed by atoms with Crippen molar-refractivity contribution in [2.75, 3.05) is 5.32 Å². The molecule has 10 heteroatoms. The van der Waals surface area contributed by atoms with Gasteiger partial charge < -0.3 is 10.6 Å². The number of primary sulfonamides is 1. The van der Waals surface area contributed by atoms with Crippen LogP contribution in [0.4, 0.5) is 23.7 Å². The third-order valence-corrected chi connectivity index (χ3v) is 6.09. The summed E-state index contributed by atoms with van der Waals surface area (Å²) in [5.41, 5.74) is -1.55. The van der Waals surface area contributed by atoms with Gasteiger partial charge in [0.1, 0.15) is 0 Å². The summed E-state index contributed by atoms with van der Waals surface area (Å²) in [4.78, 5) is 12.1. The Morgan fingerprint density at radius 3 is 2.32 bits per heavy atom. The highest BCUT2D eigenvalue weighted by atomic mass is 32.2. The molecule has 1 aliphatic heterocycles. The van der Waals surface area contributed by atoms with Crippen LogP contribution in [0.1, 0.15) is 29.5 Å². The van der Waals surface area contributed by atoms with Crippen LogP contribution in [0.25, 0.3) is 0 Å². The summed E-state index contributed by atoms with van der Waals surface area (Å²) in [6.07, 6.45) is -2.99. The zero-order valence-electron chi connectivity index (χ0n) is 16.1. The van der Waals surface area contributed by atoms with Crippen LogP contribution in [-0.2, 0) is 22.0 Å². The summed E-state index contributed by atoms with van der Waals surface area (Å²) in [6, 6.07) is 9.19. The van der Waals surface area contributed by atoms with Crippen molar-refractivity contribution < 1.29 is 26.4 Å². The van der Waals surface area contributed by atoms with Crippen molar-refractivity contribution in [1.82, 2.24) is 5.32 Å². The first-order chi connectivity index (χ1) is 14.5. The molecule has 2 aromatic rings. The number of alkyl halides is 3. The second-order valence-corrected chi connectivity index (χ2v) is 9.18. The summed E-state index contributed by atoms with van der Waals surface area (Å²) in [7, 11) is -3.82. The molecular weight excluding hydrogens is 431 g/mol. The van der Waals surface area contributed by atoms with Gasteiger partial charge >= 0.3 is 12.2 Å². The predicted molar refractivity (Wildman–Crippen MR) is 107 cm³/mol. The number of urea groups is 1. The minimum Gasteiger partial charge on any atom is -0.310 e. The molecule has 1 aliphatic carbocycles. The number of carbonyl (C=O) groups excluding carboxylic acids is 1. The Morgan fingerprint density at radius 2 is 1.74 bits per heavy atom. The number of hydrogen-bond donors (Lipinski definition) is 3. The first-order valence-electron chi connectivity index (χ1n) is 9.42. The number of fused-ring (bicyclic) bond motifs is 1. The van der Waals surface area contributed by atoms with Gasteiger partial charge in [-0.2, -0.15) is 13.2 Å². The van der Waals surface area contributed by atoms with E-state index in [0.717, 1.165) is 18.4 Å². The normalized spacial score (nSPS) is 20.7. The van der Waals surface area contributed by atoms with Gasteiger partial charge in [-0.3, -0.25) is 0 Å². The van der Waals surface area contributed by atoms with Crippen LogP contribution < -0.4 is 15.8 Å². The van der Waals surface area contributed by atoms with Crippen LogP contribution in [0.3, 0.4) is 0 Å². The number of sulfonamides is 1. The number of rotatable bonds is 3. The SMILES string of the molecule is NS(=O)(=O)c1ccc(Cc2ccc3c(c2)NC(=O)N[C@]3(C#CC2CC2)C(F)(F)F)cc1. The third kappa shape index (κ3) is 4.24. The monoisotopic (exact) mass is 449 g/mol. The number of anilines is 1. The summed E-state index contributed by atoms with van der Waals surface area (Å²) in [5, 5.41) is 9.49. The largest absolute Gasteiger partial charge is 0.427 e. The van der Waals surface area contributed by atoms with Crippen molar-refractivity contribution in [3.8, 4) is 11.8 Å². The molecule has 2 aromatic carbocycles. The summed E-state index contributed by atoms with van der Waals surface area (Å²) >= 11 is 0. The molecule has 0 unspecified atom stereocenters. The highest BCUT2D eigenvalue weighted by Crippen LogP contribution is 2.44. The van der Waals surface area contributed by atoms with E-state index in [1.807, 2.05) is 5.32 Å². The number of nitrogens with two attached hydrogens (primary N) is 1. The van der Waals surface area contributed by atoms with Crippen molar-refractivity contribution in [2.45, 2.75) is 35.9 Å². The second-order valence-electron chi connectivity index (χ2n) is 7.62. The number of nitrogens with one attached hydrogen (secondary N) is 2. The summed E-state index contributed by atoms with van der Waals surface area (Å²) in [6.45, 7) is 0. The van der Waals surface area contributed by atoms with E-state index in [4.69, 9.17) is 5.14 Å². The van der Waals surface area contributed by atoms with Gasteiger partial charge in [-0.05, 0) is 48.6 Å². The molecule has 4 rings (SSSR count). The number of benzene rings is 2. The van der Waals surface area contributed by atoms with Crippen LogP contribution >= 0.6 is 0 Å². The Kier molecular flexibility index (Phi) is 4.98. The quantitative estimate of drug-likeness (QED) is 0.627. The molecular formula is C21H18F3N3O3S. The Bertz CT molecular complexity index is 1210. The van der Waals surface area contributed by atoms with E-state index in [-0.39, 0.29) is 22.1 Å². The highest BCUT2D eigenvalue weighted by Gasteiger charge is 2.59. The maximum atomic E-state index is 14.1. The summed E-state index contributed by atoms with van der Waals surface area (Å²) in [5.74, 6) is 4.86. The average Bonchev–Trinajstić information content (AvgIpc) is 3.49. The van der Waals surface area contributed by atoms with Gasteiger partial charge in [-0.25, -0.2) is 18.4 Å². The molecule has 31 heavy (non-hydrogen) atoms. The molecule has 0 saturated heterocycles. The lowest BCUT2D eigenvalue weighted by Gasteiger charge is -2.37. The minimum atomic E-state index is -4.81. The van der Waals surface area contributed by atoms with E-state index >= 15 is 0 Å². The van der Waals surface area contributed by atoms with Gasteiger partial charge in [0.25, 0.3) is 0 Å². The van der Waals surface area contributed by atoms with Gasteiger partial charge in [0, 0.05) is 17.2 Å². The molecule has 2 amide bonds. The number of amides is 2. The third-order valence-electron chi connectivity index (χ3n) is 5.16. The van der Waals surface area contributed by atoms with Crippen LogP contribution in [0.5, 0.6) is 0 Å². The predicted octanol–water partition coefficient (Wildman–Crippen LogP) is 3.23. The molecule has 4 N–H and O–H groups in total. The van der Waals surface area contributed by atoms with E-state index < -0.39 is 27.8 Å². The maximum absolute atomic E-state index is 14.1.